The van der Waals surface area contributed by atoms with E-state index in [9.17, 15) is 13.2 Å². The molecule has 0 radical (unpaired) electrons. The first-order valence-electron chi connectivity index (χ1n) is 5.08. The molecule has 0 saturated carbocycles. The van der Waals surface area contributed by atoms with Crippen LogP contribution in [0.1, 0.15) is 13.8 Å². The Morgan fingerprint density at radius 1 is 1.35 bits per heavy atom. The molecule has 0 unspecified atom stereocenters. The molecule has 0 spiro atoms. The van der Waals surface area contributed by atoms with Gasteiger partial charge in [-0.2, -0.15) is 0 Å². The van der Waals surface area contributed by atoms with Gasteiger partial charge in [-0.05, 0) is 26.0 Å². The lowest BCUT2D eigenvalue weighted by Gasteiger charge is -2.10. The van der Waals surface area contributed by atoms with Gasteiger partial charge in [-0.15, -0.1) is 0 Å². The number of benzene rings is 1. The summed E-state index contributed by atoms with van der Waals surface area (Å²) in [5.74, 6) is -0.339. The molecule has 0 aliphatic heterocycles. The number of Topliss-reactive ketones (excluding diaryl/α,β-unsaturated/α-hetero) is 1. The number of carbonyl (C=O) groups excluding carboxylic acids is 1. The third kappa shape index (κ3) is 2.74. The maximum atomic E-state index is 12.1. The topological polar surface area (TPSA) is 60.4 Å². The van der Waals surface area contributed by atoms with E-state index in [1.54, 1.807) is 25.1 Å². The van der Waals surface area contributed by atoms with E-state index in [1.165, 1.54) is 13.0 Å². The fraction of sp³-hybridized carbons (Fsp3) is 0.250. The molecular formula is C12H14O4S. The SMILES string of the molecule is C=C(C(C)=O)S(=O)(=O)c1ccccc1OCC. The Labute approximate surface area is 101 Å². The van der Waals surface area contributed by atoms with Gasteiger partial charge >= 0.3 is 0 Å². The molecule has 0 amide bonds. The summed E-state index contributed by atoms with van der Waals surface area (Å²) in [7, 11) is -3.86. The van der Waals surface area contributed by atoms with Gasteiger partial charge in [-0.1, -0.05) is 18.7 Å². The van der Waals surface area contributed by atoms with Crippen molar-refractivity contribution >= 4 is 15.6 Å². The fourth-order valence-electron chi connectivity index (χ4n) is 1.27. The molecule has 0 aliphatic rings. The second-order valence-electron chi connectivity index (χ2n) is 3.36. The van der Waals surface area contributed by atoms with E-state index in [0.717, 1.165) is 0 Å². The molecule has 17 heavy (non-hydrogen) atoms. The van der Waals surface area contributed by atoms with Crippen molar-refractivity contribution in [2.45, 2.75) is 18.7 Å². The van der Waals surface area contributed by atoms with Gasteiger partial charge in [0, 0.05) is 0 Å². The van der Waals surface area contributed by atoms with Crippen molar-refractivity contribution in [3.8, 4) is 5.75 Å². The van der Waals surface area contributed by atoms with E-state index in [1.807, 2.05) is 0 Å². The third-order valence-electron chi connectivity index (χ3n) is 2.16. The first-order chi connectivity index (χ1) is 7.91. The molecular weight excluding hydrogens is 240 g/mol. The molecule has 1 aromatic carbocycles. The summed E-state index contributed by atoms with van der Waals surface area (Å²) < 4.78 is 29.4. The number of carbonyl (C=O) groups is 1. The zero-order chi connectivity index (χ0) is 13.1. The van der Waals surface area contributed by atoms with Gasteiger partial charge < -0.3 is 4.74 Å². The van der Waals surface area contributed by atoms with Crippen LogP contribution < -0.4 is 4.74 Å². The highest BCUT2D eigenvalue weighted by atomic mass is 32.2. The molecule has 0 aromatic heterocycles. The van der Waals surface area contributed by atoms with Crippen LogP contribution in [0.15, 0.2) is 40.6 Å². The van der Waals surface area contributed by atoms with Crippen LogP contribution in [-0.2, 0) is 14.6 Å². The molecule has 0 N–H and O–H groups in total. The Bertz CT molecular complexity index is 543. The van der Waals surface area contributed by atoms with E-state index in [-0.39, 0.29) is 10.6 Å². The molecule has 5 heteroatoms. The zero-order valence-electron chi connectivity index (χ0n) is 9.76. The minimum atomic E-state index is -3.86. The number of ether oxygens (including phenoxy) is 1. The lowest BCUT2D eigenvalue weighted by molar-refractivity contribution is -0.113. The Balaban J connectivity index is 3.33. The fourth-order valence-corrected chi connectivity index (χ4v) is 2.56. The van der Waals surface area contributed by atoms with E-state index in [0.29, 0.717) is 6.61 Å². The van der Waals surface area contributed by atoms with E-state index in [4.69, 9.17) is 4.74 Å². The number of allylic oxidation sites excluding steroid dienone is 1. The quantitative estimate of drug-likeness (QED) is 0.754. The molecule has 0 fully saturated rings. The summed E-state index contributed by atoms with van der Waals surface area (Å²) in [6.45, 7) is 6.58. The van der Waals surface area contributed by atoms with E-state index in [2.05, 4.69) is 6.58 Å². The third-order valence-corrected chi connectivity index (χ3v) is 4.01. The van der Waals surface area contributed by atoms with Crippen molar-refractivity contribution in [3.05, 3.63) is 35.7 Å². The Hall–Kier alpha value is -1.62. The second kappa shape index (κ2) is 5.14. The average Bonchev–Trinajstić information content (AvgIpc) is 2.29. The van der Waals surface area contributed by atoms with Gasteiger partial charge in [0.2, 0.25) is 9.84 Å². The number of hydrogen-bond acceptors (Lipinski definition) is 4. The minimum Gasteiger partial charge on any atom is -0.493 e. The number of ketones is 1. The Kier molecular flexibility index (Phi) is 4.07. The summed E-state index contributed by atoms with van der Waals surface area (Å²) >= 11 is 0. The minimum absolute atomic E-state index is 0.0259. The van der Waals surface area contributed by atoms with Crippen molar-refractivity contribution in [1.29, 1.82) is 0 Å². The van der Waals surface area contributed by atoms with Crippen molar-refractivity contribution < 1.29 is 17.9 Å². The zero-order valence-corrected chi connectivity index (χ0v) is 10.6. The monoisotopic (exact) mass is 254 g/mol. The lowest BCUT2D eigenvalue weighted by atomic mass is 10.3. The van der Waals surface area contributed by atoms with Crippen LogP contribution >= 0.6 is 0 Å². The van der Waals surface area contributed by atoms with Gasteiger partial charge in [-0.25, -0.2) is 8.42 Å². The first kappa shape index (κ1) is 13.4. The summed E-state index contributed by atoms with van der Waals surface area (Å²) in [5.41, 5.74) is 0. The van der Waals surface area contributed by atoms with Gasteiger partial charge in [0.25, 0.3) is 0 Å². The Morgan fingerprint density at radius 2 is 1.94 bits per heavy atom. The Morgan fingerprint density at radius 3 is 2.47 bits per heavy atom. The van der Waals surface area contributed by atoms with E-state index >= 15 is 0 Å². The van der Waals surface area contributed by atoms with Crippen LogP contribution in [0.2, 0.25) is 0 Å². The summed E-state index contributed by atoms with van der Waals surface area (Å²) in [6, 6.07) is 6.18. The highest BCUT2D eigenvalue weighted by Gasteiger charge is 2.25. The van der Waals surface area contributed by atoms with Gasteiger partial charge in [0.05, 0.1) is 6.61 Å². The largest absolute Gasteiger partial charge is 0.493 e. The van der Waals surface area contributed by atoms with Gasteiger partial charge in [-0.3, -0.25) is 4.79 Å². The van der Waals surface area contributed by atoms with Crippen LogP contribution in [0.5, 0.6) is 5.75 Å². The first-order valence-corrected chi connectivity index (χ1v) is 6.56. The van der Waals surface area contributed by atoms with Crippen molar-refractivity contribution in [3.63, 3.8) is 0 Å². The number of sulfone groups is 1. The maximum Gasteiger partial charge on any atom is 0.213 e. The van der Waals surface area contributed by atoms with Crippen molar-refractivity contribution in [2.75, 3.05) is 6.61 Å². The molecule has 0 atom stereocenters. The van der Waals surface area contributed by atoms with Crippen LogP contribution in [0.25, 0.3) is 0 Å². The number of rotatable bonds is 5. The number of hydrogen-bond donors (Lipinski definition) is 0. The van der Waals surface area contributed by atoms with Crippen LogP contribution in [0.4, 0.5) is 0 Å². The van der Waals surface area contributed by atoms with Crippen molar-refractivity contribution in [2.24, 2.45) is 0 Å². The van der Waals surface area contributed by atoms with Crippen LogP contribution in [0.3, 0.4) is 0 Å². The van der Waals surface area contributed by atoms with E-state index < -0.39 is 20.5 Å². The average molecular weight is 254 g/mol. The van der Waals surface area contributed by atoms with Crippen LogP contribution in [-0.4, -0.2) is 20.8 Å². The lowest BCUT2D eigenvalue weighted by Crippen LogP contribution is -2.11. The van der Waals surface area contributed by atoms with Gasteiger partial charge in [0.15, 0.2) is 5.78 Å². The molecule has 0 saturated heterocycles. The normalized spacial score (nSPS) is 10.9. The molecule has 0 heterocycles. The summed E-state index contributed by atoms with van der Waals surface area (Å²) in [5, 5.41) is 0. The molecule has 4 nitrogen and oxygen atoms in total. The molecule has 92 valence electrons. The maximum absolute atomic E-state index is 12.1. The molecule has 1 rings (SSSR count). The van der Waals surface area contributed by atoms with Crippen molar-refractivity contribution in [1.82, 2.24) is 0 Å². The van der Waals surface area contributed by atoms with Gasteiger partial charge in [0.1, 0.15) is 15.6 Å². The van der Waals surface area contributed by atoms with Crippen LogP contribution in [0, 0.1) is 0 Å². The molecule has 0 aliphatic carbocycles. The predicted octanol–water partition coefficient (Wildman–Crippen LogP) is 1.96. The summed E-state index contributed by atoms with van der Waals surface area (Å²) in [6.07, 6.45) is 0. The summed E-state index contributed by atoms with van der Waals surface area (Å²) in [4.78, 5) is 10.7. The number of para-hydroxylation sites is 1. The molecule has 0 bridgehead atoms. The smallest absolute Gasteiger partial charge is 0.213 e. The second-order valence-corrected chi connectivity index (χ2v) is 5.30. The predicted molar refractivity (Wildman–Crippen MR) is 64.6 cm³/mol. The highest BCUT2D eigenvalue weighted by Crippen LogP contribution is 2.28. The standard InChI is InChI=1S/C12H14O4S/c1-4-16-11-7-5-6-8-12(11)17(14,15)10(3)9(2)13/h5-8H,3-4H2,1-2H3. The molecule has 1 aromatic rings. The highest BCUT2D eigenvalue weighted by molar-refractivity contribution is 7.96.